The number of fused-ring (bicyclic) bond motifs is 1. The molecular formula is C15H17N3. The predicted octanol–water partition coefficient (Wildman–Crippen LogP) is 3.21. The summed E-state index contributed by atoms with van der Waals surface area (Å²) in [7, 11) is 0. The van der Waals surface area contributed by atoms with Gasteiger partial charge in [-0.2, -0.15) is 0 Å². The first-order valence-electron chi connectivity index (χ1n) is 6.44. The number of rotatable bonds is 3. The summed E-state index contributed by atoms with van der Waals surface area (Å²) < 4.78 is 0. The average Bonchev–Trinajstić information content (AvgIpc) is 2.83. The largest absolute Gasteiger partial charge is 0.370 e. The predicted molar refractivity (Wildman–Crippen MR) is 75.6 cm³/mol. The molecule has 2 heterocycles. The third-order valence-corrected chi connectivity index (χ3v) is 3.30. The molecule has 1 N–H and O–H groups in total. The number of benzene rings is 1. The van der Waals surface area contributed by atoms with E-state index in [0.29, 0.717) is 0 Å². The highest BCUT2D eigenvalue weighted by atomic mass is 15.2. The minimum Gasteiger partial charge on any atom is -0.370 e. The van der Waals surface area contributed by atoms with Gasteiger partial charge >= 0.3 is 0 Å². The van der Waals surface area contributed by atoms with E-state index in [1.807, 2.05) is 6.20 Å². The number of anilines is 3. The molecule has 92 valence electrons. The van der Waals surface area contributed by atoms with Crippen LogP contribution in [-0.2, 0) is 6.42 Å². The molecule has 1 aromatic heterocycles. The van der Waals surface area contributed by atoms with Crippen LogP contribution in [0.25, 0.3) is 0 Å². The second kappa shape index (κ2) is 4.69. The minimum atomic E-state index is 0.896. The zero-order valence-corrected chi connectivity index (χ0v) is 10.6. The van der Waals surface area contributed by atoms with Crippen LogP contribution < -0.4 is 10.2 Å². The van der Waals surface area contributed by atoms with Crippen LogP contribution in [0.3, 0.4) is 0 Å². The second-order valence-electron chi connectivity index (χ2n) is 4.46. The standard InChI is InChI=1S/C15H17N3/c1-2-16-15-11-13(7-9-17-15)18-10-8-12-5-3-4-6-14(12)18/h3-7,9,11H,2,8,10H2,1H3,(H,16,17). The van der Waals surface area contributed by atoms with Gasteiger partial charge in [-0.3, -0.25) is 0 Å². The van der Waals surface area contributed by atoms with Crippen molar-refractivity contribution in [2.24, 2.45) is 0 Å². The first kappa shape index (κ1) is 11.1. The van der Waals surface area contributed by atoms with Crippen molar-refractivity contribution < 1.29 is 0 Å². The maximum atomic E-state index is 4.32. The lowest BCUT2D eigenvalue weighted by Gasteiger charge is -2.20. The monoisotopic (exact) mass is 239 g/mol. The molecule has 2 aromatic rings. The van der Waals surface area contributed by atoms with Crippen molar-refractivity contribution in [2.75, 3.05) is 23.3 Å². The Morgan fingerprint density at radius 1 is 1.28 bits per heavy atom. The zero-order chi connectivity index (χ0) is 12.4. The number of para-hydroxylation sites is 1. The highest BCUT2D eigenvalue weighted by Crippen LogP contribution is 2.34. The van der Waals surface area contributed by atoms with Crippen LogP contribution in [0.4, 0.5) is 17.2 Å². The van der Waals surface area contributed by atoms with Gasteiger partial charge in [-0.05, 0) is 31.0 Å². The lowest BCUT2D eigenvalue weighted by atomic mass is 10.2. The number of nitrogens with zero attached hydrogens (tertiary/aromatic N) is 2. The van der Waals surface area contributed by atoms with Gasteiger partial charge in [0.05, 0.1) is 0 Å². The van der Waals surface area contributed by atoms with Gasteiger partial charge in [-0.25, -0.2) is 4.98 Å². The van der Waals surface area contributed by atoms with E-state index in [2.05, 4.69) is 58.5 Å². The summed E-state index contributed by atoms with van der Waals surface area (Å²) in [6.45, 7) is 4.03. The SMILES string of the molecule is CCNc1cc(N2CCc3ccccc32)ccn1. The molecule has 0 saturated carbocycles. The van der Waals surface area contributed by atoms with E-state index in [1.165, 1.54) is 16.9 Å². The highest BCUT2D eigenvalue weighted by Gasteiger charge is 2.19. The molecule has 0 spiro atoms. The fraction of sp³-hybridized carbons (Fsp3) is 0.267. The molecule has 0 radical (unpaired) electrons. The van der Waals surface area contributed by atoms with E-state index in [0.717, 1.165) is 25.3 Å². The van der Waals surface area contributed by atoms with Gasteiger partial charge < -0.3 is 10.2 Å². The molecule has 1 aromatic carbocycles. The van der Waals surface area contributed by atoms with Gasteiger partial charge in [-0.15, -0.1) is 0 Å². The first-order valence-corrected chi connectivity index (χ1v) is 6.44. The summed E-state index contributed by atoms with van der Waals surface area (Å²) in [6.07, 6.45) is 2.99. The molecule has 0 unspecified atom stereocenters. The molecule has 0 aliphatic carbocycles. The Morgan fingerprint density at radius 3 is 3.06 bits per heavy atom. The number of pyridine rings is 1. The van der Waals surface area contributed by atoms with Crippen LogP contribution in [0, 0.1) is 0 Å². The smallest absolute Gasteiger partial charge is 0.127 e. The number of hydrogen-bond donors (Lipinski definition) is 1. The maximum absolute atomic E-state index is 4.32. The lowest BCUT2D eigenvalue weighted by Crippen LogP contribution is -2.13. The Hall–Kier alpha value is -2.03. The number of nitrogens with one attached hydrogen (secondary N) is 1. The molecule has 1 aliphatic heterocycles. The Labute approximate surface area is 107 Å². The molecule has 0 atom stereocenters. The van der Waals surface area contributed by atoms with Crippen LogP contribution in [0.15, 0.2) is 42.6 Å². The highest BCUT2D eigenvalue weighted by molar-refractivity contribution is 5.71. The Kier molecular flexibility index (Phi) is 2.89. The quantitative estimate of drug-likeness (QED) is 0.891. The molecule has 3 rings (SSSR count). The fourth-order valence-electron chi connectivity index (χ4n) is 2.47. The third kappa shape index (κ3) is 1.92. The van der Waals surface area contributed by atoms with E-state index in [-0.39, 0.29) is 0 Å². The summed E-state index contributed by atoms with van der Waals surface area (Å²) in [5.74, 6) is 0.944. The number of aromatic nitrogens is 1. The van der Waals surface area contributed by atoms with Crippen LogP contribution in [0.5, 0.6) is 0 Å². The van der Waals surface area contributed by atoms with Gasteiger partial charge in [0.2, 0.25) is 0 Å². The Balaban J connectivity index is 1.94. The van der Waals surface area contributed by atoms with Crippen molar-refractivity contribution >= 4 is 17.2 Å². The average molecular weight is 239 g/mol. The molecular weight excluding hydrogens is 222 g/mol. The van der Waals surface area contributed by atoms with Gasteiger partial charge in [-0.1, -0.05) is 18.2 Å². The van der Waals surface area contributed by atoms with Crippen molar-refractivity contribution in [3.63, 3.8) is 0 Å². The van der Waals surface area contributed by atoms with E-state index in [1.54, 1.807) is 0 Å². The van der Waals surface area contributed by atoms with Crippen LogP contribution >= 0.6 is 0 Å². The topological polar surface area (TPSA) is 28.2 Å². The van der Waals surface area contributed by atoms with Gasteiger partial charge in [0.25, 0.3) is 0 Å². The summed E-state index contributed by atoms with van der Waals surface area (Å²) >= 11 is 0. The van der Waals surface area contributed by atoms with E-state index in [9.17, 15) is 0 Å². The summed E-state index contributed by atoms with van der Waals surface area (Å²) in [6, 6.07) is 12.8. The van der Waals surface area contributed by atoms with Gasteiger partial charge in [0, 0.05) is 36.7 Å². The van der Waals surface area contributed by atoms with Crippen molar-refractivity contribution in [3.05, 3.63) is 48.2 Å². The summed E-state index contributed by atoms with van der Waals surface area (Å²) in [5.41, 5.74) is 3.97. The molecule has 1 aliphatic rings. The van der Waals surface area contributed by atoms with E-state index in [4.69, 9.17) is 0 Å². The van der Waals surface area contributed by atoms with Crippen molar-refractivity contribution in [3.8, 4) is 0 Å². The van der Waals surface area contributed by atoms with Crippen LogP contribution in [0.2, 0.25) is 0 Å². The molecule has 3 heteroatoms. The Morgan fingerprint density at radius 2 is 2.17 bits per heavy atom. The van der Waals surface area contributed by atoms with Crippen molar-refractivity contribution in [1.82, 2.24) is 4.98 Å². The normalized spacial score (nSPS) is 13.5. The maximum Gasteiger partial charge on any atom is 0.127 e. The van der Waals surface area contributed by atoms with Crippen molar-refractivity contribution in [2.45, 2.75) is 13.3 Å². The number of hydrogen-bond acceptors (Lipinski definition) is 3. The molecule has 3 nitrogen and oxygen atoms in total. The van der Waals surface area contributed by atoms with Gasteiger partial charge in [0.15, 0.2) is 0 Å². The third-order valence-electron chi connectivity index (χ3n) is 3.30. The van der Waals surface area contributed by atoms with E-state index < -0.39 is 0 Å². The second-order valence-corrected chi connectivity index (χ2v) is 4.46. The Bertz CT molecular complexity index is 551. The van der Waals surface area contributed by atoms with Crippen LogP contribution in [0.1, 0.15) is 12.5 Å². The van der Waals surface area contributed by atoms with E-state index >= 15 is 0 Å². The molecule has 18 heavy (non-hydrogen) atoms. The first-order chi connectivity index (χ1) is 8.88. The molecule has 0 saturated heterocycles. The van der Waals surface area contributed by atoms with Gasteiger partial charge in [0.1, 0.15) is 5.82 Å². The molecule has 0 bridgehead atoms. The van der Waals surface area contributed by atoms with Crippen LogP contribution in [-0.4, -0.2) is 18.1 Å². The lowest BCUT2D eigenvalue weighted by molar-refractivity contribution is 0.995. The van der Waals surface area contributed by atoms with Crippen molar-refractivity contribution in [1.29, 1.82) is 0 Å². The summed E-state index contributed by atoms with van der Waals surface area (Å²) in [5, 5.41) is 3.26. The zero-order valence-electron chi connectivity index (χ0n) is 10.6. The summed E-state index contributed by atoms with van der Waals surface area (Å²) in [4.78, 5) is 6.68. The fourth-order valence-corrected chi connectivity index (χ4v) is 2.47. The molecule has 0 amide bonds. The minimum absolute atomic E-state index is 0.896. The molecule has 0 fully saturated rings.